The van der Waals surface area contributed by atoms with Crippen LogP contribution < -0.4 is 5.32 Å². The Kier molecular flexibility index (Phi) is 4.59. The van der Waals surface area contributed by atoms with Gasteiger partial charge in [-0.05, 0) is 12.5 Å². The van der Waals surface area contributed by atoms with Crippen LogP contribution in [0.25, 0.3) is 0 Å². The summed E-state index contributed by atoms with van der Waals surface area (Å²) in [6, 6.07) is 11.0. The average Bonchev–Trinajstić information content (AvgIpc) is 2.82. The highest BCUT2D eigenvalue weighted by atomic mass is 16.5. The maximum atomic E-state index is 12.0. The monoisotopic (exact) mass is 298 g/mol. The Morgan fingerprint density at radius 1 is 1.32 bits per heavy atom. The lowest BCUT2D eigenvalue weighted by Crippen LogP contribution is -2.15. The van der Waals surface area contributed by atoms with Gasteiger partial charge in [0.1, 0.15) is 23.0 Å². The number of amides is 1. The number of methoxy groups -OCH3 is 1. The molecule has 6 nitrogen and oxygen atoms in total. The van der Waals surface area contributed by atoms with Crippen molar-refractivity contribution < 1.29 is 18.7 Å². The van der Waals surface area contributed by atoms with Crippen LogP contribution in [0.3, 0.4) is 0 Å². The van der Waals surface area contributed by atoms with Gasteiger partial charge < -0.3 is 9.15 Å². The predicted octanol–water partition coefficient (Wildman–Crippen LogP) is 2.43. The normalized spacial score (nSPS) is 9.86. The second kappa shape index (κ2) is 6.59. The van der Waals surface area contributed by atoms with Crippen molar-refractivity contribution in [2.45, 2.75) is 13.3 Å². The Morgan fingerprint density at radius 3 is 2.59 bits per heavy atom. The van der Waals surface area contributed by atoms with Gasteiger partial charge in [-0.25, -0.2) is 4.79 Å². The lowest BCUT2D eigenvalue weighted by atomic mass is 10.1. The van der Waals surface area contributed by atoms with Gasteiger partial charge in [-0.2, -0.15) is 5.26 Å². The SMILES string of the molecule is COC(=O)c1c(C)oc(NC(=O)Cc2ccccc2)c1C#N. The van der Waals surface area contributed by atoms with E-state index in [2.05, 4.69) is 10.1 Å². The molecule has 0 saturated heterocycles. The number of carbonyl (C=O) groups excluding carboxylic acids is 2. The van der Waals surface area contributed by atoms with Crippen molar-refractivity contribution in [3.8, 4) is 6.07 Å². The minimum atomic E-state index is -0.679. The third-order valence-electron chi connectivity index (χ3n) is 3.05. The maximum absolute atomic E-state index is 12.0. The third kappa shape index (κ3) is 3.15. The second-order valence-corrected chi connectivity index (χ2v) is 4.55. The number of hydrogen-bond donors (Lipinski definition) is 1. The number of furan rings is 1. The molecule has 0 aliphatic heterocycles. The van der Waals surface area contributed by atoms with Gasteiger partial charge in [-0.3, -0.25) is 10.1 Å². The highest BCUT2D eigenvalue weighted by Gasteiger charge is 2.25. The van der Waals surface area contributed by atoms with Gasteiger partial charge in [0, 0.05) is 0 Å². The zero-order valence-electron chi connectivity index (χ0n) is 12.2. The maximum Gasteiger partial charge on any atom is 0.342 e. The van der Waals surface area contributed by atoms with E-state index >= 15 is 0 Å². The number of nitriles is 1. The van der Waals surface area contributed by atoms with Crippen LogP contribution >= 0.6 is 0 Å². The van der Waals surface area contributed by atoms with Gasteiger partial charge in [0.15, 0.2) is 0 Å². The van der Waals surface area contributed by atoms with Crippen LogP contribution in [0.1, 0.15) is 27.2 Å². The van der Waals surface area contributed by atoms with Crippen LogP contribution in [-0.2, 0) is 16.0 Å². The molecule has 0 atom stereocenters. The van der Waals surface area contributed by atoms with Gasteiger partial charge in [0.25, 0.3) is 0 Å². The largest absolute Gasteiger partial charge is 0.465 e. The number of carbonyl (C=O) groups is 2. The minimum Gasteiger partial charge on any atom is -0.465 e. The summed E-state index contributed by atoms with van der Waals surface area (Å²) in [4.78, 5) is 23.7. The van der Waals surface area contributed by atoms with E-state index in [0.717, 1.165) is 5.56 Å². The summed E-state index contributed by atoms with van der Waals surface area (Å²) >= 11 is 0. The summed E-state index contributed by atoms with van der Waals surface area (Å²) in [6.45, 7) is 1.53. The molecule has 112 valence electrons. The van der Waals surface area contributed by atoms with Crippen molar-refractivity contribution in [1.82, 2.24) is 0 Å². The zero-order chi connectivity index (χ0) is 16.1. The fraction of sp³-hybridized carbons (Fsp3) is 0.188. The molecule has 0 fully saturated rings. The molecule has 0 spiro atoms. The minimum absolute atomic E-state index is 0.0278. The number of nitrogens with one attached hydrogen (secondary N) is 1. The molecule has 1 aromatic heterocycles. The van der Waals surface area contributed by atoms with E-state index in [0.29, 0.717) is 0 Å². The van der Waals surface area contributed by atoms with E-state index in [4.69, 9.17) is 4.42 Å². The lowest BCUT2D eigenvalue weighted by Gasteiger charge is -2.02. The van der Waals surface area contributed by atoms with Crippen LogP contribution in [0.15, 0.2) is 34.7 Å². The van der Waals surface area contributed by atoms with Gasteiger partial charge in [-0.15, -0.1) is 0 Å². The third-order valence-corrected chi connectivity index (χ3v) is 3.05. The zero-order valence-corrected chi connectivity index (χ0v) is 12.2. The molecule has 1 heterocycles. The summed E-state index contributed by atoms with van der Waals surface area (Å²) in [5.41, 5.74) is 0.820. The van der Waals surface area contributed by atoms with Crippen molar-refractivity contribution in [1.29, 1.82) is 5.26 Å². The molecule has 1 N–H and O–H groups in total. The first kappa shape index (κ1) is 15.3. The van der Waals surface area contributed by atoms with Crippen LogP contribution in [0.4, 0.5) is 5.88 Å². The highest BCUT2D eigenvalue weighted by molar-refractivity contribution is 5.98. The van der Waals surface area contributed by atoms with Crippen molar-refractivity contribution >= 4 is 17.8 Å². The number of rotatable bonds is 4. The second-order valence-electron chi connectivity index (χ2n) is 4.55. The van der Waals surface area contributed by atoms with Crippen molar-refractivity contribution in [2.75, 3.05) is 12.4 Å². The molecule has 0 aliphatic rings. The summed E-state index contributed by atoms with van der Waals surface area (Å²) in [7, 11) is 1.21. The Balaban J connectivity index is 2.22. The lowest BCUT2D eigenvalue weighted by molar-refractivity contribution is -0.115. The standard InChI is InChI=1S/C16H14N2O4/c1-10-14(16(20)21-2)12(9-17)15(22-10)18-13(19)8-11-6-4-3-5-7-11/h3-7H,8H2,1-2H3,(H,18,19). The summed E-state index contributed by atoms with van der Waals surface area (Å²) in [6.07, 6.45) is 0.138. The number of aryl methyl sites for hydroxylation is 1. The molecule has 6 heteroatoms. The Labute approximate surface area is 127 Å². The fourth-order valence-corrected chi connectivity index (χ4v) is 2.04. The van der Waals surface area contributed by atoms with Gasteiger partial charge in [0.05, 0.1) is 13.5 Å². The molecule has 0 aliphatic carbocycles. The molecule has 0 bridgehead atoms. The number of ether oxygens (including phenoxy) is 1. The van der Waals surface area contributed by atoms with Crippen LogP contribution in [0.2, 0.25) is 0 Å². The first-order chi connectivity index (χ1) is 10.6. The van der Waals surface area contributed by atoms with Crippen LogP contribution in [0.5, 0.6) is 0 Å². The van der Waals surface area contributed by atoms with Gasteiger partial charge in [-0.1, -0.05) is 30.3 Å². The van der Waals surface area contributed by atoms with E-state index in [1.54, 1.807) is 0 Å². The Hall–Kier alpha value is -3.07. The summed E-state index contributed by atoms with van der Waals surface area (Å²) in [5.74, 6) is -0.839. The summed E-state index contributed by atoms with van der Waals surface area (Å²) in [5, 5.41) is 11.7. The molecule has 0 radical (unpaired) electrons. The quantitative estimate of drug-likeness (QED) is 0.875. The molecule has 1 aromatic carbocycles. The molecule has 2 rings (SSSR count). The van der Waals surface area contributed by atoms with E-state index < -0.39 is 5.97 Å². The molecule has 22 heavy (non-hydrogen) atoms. The average molecular weight is 298 g/mol. The number of anilines is 1. The van der Waals surface area contributed by atoms with E-state index in [-0.39, 0.29) is 35.1 Å². The van der Waals surface area contributed by atoms with E-state index in [1.165, 1.54) is 14.0 Å². The summed E-state index contributed by atoms with van der Waals surface area (Å²) < 4.78 is 9.92. The molecule has 2 aromatic rings. The van der Waals surface area contributed by atoms with E-state index in [1.807, 2.05) is 36.4 Å². The van der Waals surface area contributed by atoms with Gasteiger partial charge in [0.2, 0.25) is 11.8 Å². The molecular formula is C16H14N2O4. The Morgan fingerprint density at radius 2 is 2.00 bits per heavy atom. The number of benzene rings is 1. The molecular weight excluding hydrogens is 284 g/mol. The van der Waals surface area contributed by atoms with Crippen LogP contribution in [0, 0.1) is 18.3 Å². The van der Waals surface area contributed by atoms with Crippen molar-refractivity contribution in [2.24, 2.45) is 0 Å². The predicted molar refractivity (Wildman–Crippen MR) is 78.3 cm³/mol. The smallest absolute Gasteiger partial charge is 0.342 e. The number of nitrogens with zero attached hydrogens (tertiary/aromatic N) is 1. The molecule has 0 unspecified atom stereocenters. The molecule has 1 amide bonds. The highest BCUT2D eigenvalue weighted by Crippen LogP contribution is 2.27. The fourth-order valence-electron chi connectivity index (χ4n) is 2.04. The topological polar surface area (TPSA) is 92.3 Å². The van der Waals surface area contributed by atoms with Crippen LogP contribution in [-0.4, -0.2) is 19.0 Å². The van der Waals surface area contributed by atoms with Gasteiger partial charge >= 0.3 is 5.97 Å². The number of esters is 1. The Bertz CT molecular complexity index is 741. The first-order valence-electron chi connectivity index (χ1n) is 6.52. The van der Waals surface area contributed by atoms with Crippen molar-refractivity contribution in [3.05, 3.63) is 52.8 Å². The number of hydrogen-bond acceptors (Lipinski definition) is 5. The van der Waals surface area contributed by atoms with Crippen molar-refractivity contribution in [3.63, 3.8) is 0 Å². The first-order valence-corrected chi connectivity index (χ1v) is 6.52. The molecule has 0 saturated carbocycles. The van der Waals surface area contributed by atoms with E-state index in [9.17, 15) is 14.9 Å².